The predicted molar refractivity (Wildman–Crippen MR) is 82.4 cm³/mol. The van der Waals surface area contributed by atoms with Gasteiger partial charge >= 0.3 is 0 Å². The van der Waals surface area contributed by atoms with Gasteiger partial charge in [0.15, 0.2) is 0 Å². The van der Waals surface area contributed by atoms with Crippen molar-refractivity contribution >= 4 is 80.4 Å². The zero-order chi connectivity index (χ0) is 13.6. The van der Waals surface area contributed by atoms with Gasteiger partial charge in [0.25, 0.3) is 0 Å². The van der Waals surface area contributed by atoms with E-state index in [1.165, 1.54) is 0 Å². The van der Waals surface area contributed by atoms with Crippen LogP contribution in [0.1, 0.15) is 11.1 Å². The molecule has 0 aliphatic carbocycles. The lowest BCUT2D eigenvalue weighted by Gasteiger charge is -2.19. The molecule has 18 heavy (non-hydrogen) atoms. The summed E-state index contributed by atoms with van der Waals surface area (Å²) in [6.07, 6.45) is 0. The molecule has 0 aliphatic heterocycles. The maximum absolute atomic E-state index is 5.94. The van der Waals surface area contributed by atoms with Gasteiger partial charge < -0.3 is 0 Å². The highest BCUT2D eigenvalue weighted by Gasteiger charge is 2.30. The van der Waals surface area contributed by atoms with E-state index in [2.05, 4.69) is 0 Å². The Morgan fingerprint density at radius 3 is 1.17 bits per heavy atom. The Bertz CT molecular complexity index is 527. The summed E-state index contributed by atoms with van der Waals surface area (Å²) in [7, 11) is 0. The second-order valence-electron chi connectivity index (χ2n) is 3.70. The summed E-state index contributed by atoms with van der Waals surface area (Å²) in [4.78, 5) is 0. The van der Waals surface area contributed by atoms with E-state index in [1.54, 1.807) is 12.1 Å². The first-order valence-corrected chi connectivity index (χ1v) is 7.14. The molecule has 0 aliphatic rings. The molecule has 0 bridgehead atoms. The summed E-state index contributed by atoms with van der Waals surface area (Å²) in [6.45, 7) is 0. The van der Waals surface area contributed by atoms with Gasteiger partial charge in [-0.2, -0.15) is 0 Å². The van der Waals surface area contributed by atoms with E-state index in [-0.39, 0.29) is 0 Å². The van der Waals surface area contributed by atoms with Gasteiger partial charge in [-0.3, -0.25) is 0 Å². The normalized spacial score (nSPS) is 13.0. The van der Waals surface area contributed by atoms with Crippen molar-refractivity contribution in [1.29, 1.82) is 0 Å². The highest BCUT2D eigenvalue weighted by molar-refractivity contribution is 6.68. The molecule has 0 atom stereocenters. The third-order valence-electron chi connectivity index (χ3n) is 2.53. The van der Waals surface area contributed by atoms with Gasteiger partial charge in [-0.15, -0.1) is 0 Å². The molecule has 0 aromatic heterocycles. The van der Waals surface area contributed by atoms with Gasteiger partial charge in [0, 0.05) is 11.1 Å². The van der Waals surface area contributed by atoms with Crippen LogP contribution in [0.2, 0.25) is 0 Å². The Morgan fingerprint density at radius 2 is 0.889 bits per heavy atom. The van der Waals surface area contributed by atoms with Gasteiger partial charge in [-0.05, 0) is 10.8 Å². The summed E-state index contributed by atoms with van der Waals surface area (Å²) in [5.74, 6) is 0. The van der Waals surface area contributed by atoms with Crippen LogP contribution in [0.4, 0.5) is 0 Å². The van der Waals surface area contributed by atoms with Crippen molar-refractivity contribution in [3.63, 3.8) is 0 Å². The van der Waals surface area contributed by atoms with Gasteiger partial charge in [0.1, 0.15) is 0 Å². The van der Waals surface area contributed by atoms with E-state index < -0.39 is 7.59 Å². The molecule has 0 saturated heterocycles. The minimum absolute atomic E-state index is 0.557. The minimum atomic E-state index is -1.52. The van der Waals surface area contributed by atoms with Gasteiger partial charge in [0.05, 0.1) is 0 Å². The first kappa shape index (κ1) is 14.8. The standard InChI is InChI=1S/C12H6Cl6/c13-11(14,15)9-5-6-10(12(16,17)18)8-4-2-1-3-7(8)9/h1-6H. The lowest BCUT2D eigenvalue weighted by Crippen LogP contribution is -2.06. The average molecular weight is 363 g/mol. The summed E-state index contributed by atoms with van der Waals surface area (Å²) in [6, 6.07) is 10.6. The summed E-state index contributed by atoms with van der Waals surface area (Å²) in [5.41, 5.74) is 1.11. The van der Waals surface area contributed by atoms with E-state index in [0.29, 0.717) is 11.1 Å². The number of hydrogen-bond donors (Lipinski definition) is 0. The fourth-order valence-electron chi connectivity index (χ4n) is 1.79. The molecule has 0 N–H and O–H groups in total. The zero-order valence-corrected chi connectivity index (χ0v) is 13.3. The maximum atomic E-state index is 5.94. The molecular weight excluding hydrogens is 357 g/mol. The highest BCUT2D eigenvalue weighted by Crippen LogP contribution is 2.46. The Labute approximate surface area is 135 Å². The van der Waals surface area contributed by atoms with Crippen molar-refractivity contribution in [3.8, 4) is 0 Å². The minimum Gasteiger partial charge on any atom is -0.0784 e. The largest absolute Gasteiger partial charge is 0.216 e. The first-order valence-electron chi connectivity index (χ1n) is 4.87. The number of halogens is 6. The second kappa shape index (κ2) is 5.09. The van der Waals surface area contributed by atoms with Crippen molar-refractivity contribution in [3.05, 3.63) is 47.5 Å². The molecule has 0 fully saturated rings. The molecule has 0 heterocycles. The van der Waals surface area contributed by atoms with Crippen LogP contribution in [0.5, 0.6) is 0 Å². The van der Waals surface area contributed by atoms with Crippen LogP contribution in [0.25, 0.3) is 10.8 Å². The third kappa shape index (κ3) is 2.95. The summed E-state index contributed by atoms with van der Waals surface area (Å²) >= 11 is 35.6. The lowest BCUT2D eigenvalue weighted by atomic mass is 10.0. The van der Waals surface area contributed by atoms with E-state index in [4.69, 9.17) is 69.6 Å². The Hall–Kier alpha value is 0.440. The van der Waals surface area contributed by atoms with Gasteiger partial charge in [-0.1, -0.05) is 106 Å². The van der Waals surface area contributed by atoms with Crippen molar-refractivity contribution in [2.24, 2.45) is 0 Å². The second-order valence-corrected chi connectivity index (χ2v) is 8.26. The quantitative estimate of drug-likeness (QED) is 0.469. The molecule has 0 unspecified atom stereocenters. The van der Waals surface area contributed by atoms with Crippen molar-refractivity contribution < 1.29 is 0 Å². The maximum Gasteiger partial charge on any atom is 0.216 e. The monoisotopic (exact) mass is 360 g/mol. The first-order chi connectivity index (χ1) is 8.21. The van der Waals surface area contributed by atoms with Crippen LogP contribution < -0.4 is 0 Å². The zero-order valence-electron chi connectivity index (χ0n) is 8.73. The molecule has 6 heteroatoms. The van der Waals surface area contributed by atoms with Gasteiger partial charge in [-0.25, -0.2) is 0 Å². The van der Waals surface area contributed by atoms with Gasteiger partial charge in [0.2, 0.25) is 7.59 Å². The van der Waals surface area contributed by atoms with Crippen LogP contribution in [-0.4, -0.2) is 0 Å². The number of alkyl halides is 6. The molecule has 2 aromatic rings. The third-order valence-corrected chi connectivity index (χ3v) is 3.76. The molecule has 2 rings (SSSR count). The molecule has 0 saturated carbocycles. The van der Waals surface area contributed by atoms with E-state index in [0.717, 1.165) is 10.8 Å². The molecule has 0 amide bonds. The number of benzene rings is 2. The molecular formula is C12H6Cl6. The predicted octanol–water partition coefficient (Wildman–Crippen LogP) is 6.49. The number of fused-ring (bicyclic) bond motifs is 1. The summed E-state index contributed by atoms with van der Waals surface area (Å²) in [5, 5.41) is 1.50. The van der Waals surface area contributed by atoms with Crippen LogP contribution >= 0.6 is 69.6 Å². The van der Waals surface area contributed by atoms with Crippen LogP contribution in [-0.2, 0) is 7.59 Å². The smallest absolute Gasteiger partial charge is 0.0784 e. The molecule has 0 nitrogen and oxygen atoms in total. The lowest BCUT2D eigenvalue weighted by molar-refractivity contribution is 1.23. The van der Waals surface area contributed by atoms with Crippen LogP contribution in [0, 0.1) is 0 Å². The number of hydrogen-bond acceptors (Lipinski definition) is 0. The molecule has 0 spiro atoms. The van der Waals surface area contributed by atoms with E-state index >= 15 is 0 Å². The Morgan fingerprint density at radius 1 is 0.556 bits per heavy atom. The Balaban J connectivity index is 2.83. The van der Waals surface area contributed by atoms with E-state index in [1.807, 2.05) is 24.3 Å². The van der Waals surface area contributed by atoms with Crippen molar-refractivity contribution in [2.75, 3.05) is 0 Å². The van der Waals surface area contributed by atoms with Crippen molar-refractivity contribution in [2.45, 2.75) is 7.59 Å². The SMILES string of the molecule is ClC(Cl)(Cl)c1ccc(C(Cl)(Cl)Cl)c2ccccc12. The van der Waals surface area contributed by atoms with Crippen LogP contribution in [0.15, 0.2) is 36.4 Å². The van der Waals surface area contributed by atoms with Crippen molar-refractivity contribution in [1.82, 2.24) is 0 Å². The van der Waals surface area contributed by atoms with Crippen LogP contribution in [0.3, 0.4) is 0 Å². The molecule has 0 radical (unpaired) electrons. The fraction of sp³-hybridized carbons (Fsp3) is 0.167. The fourth-order valence-corrected chi connectivity index (χ4v) is 2.78. The topological polar surface area (TPSA) is 0 Å². The number of rotatable bonds is 0. The molecule has 96 valence electrons. The molecule has 2 aromatic carbocycles. The van der Waals surface area contributed by atoms with E-state index in [9.17, 15) is 0 Å². The highest BCUT2D eigenvalue weighted by atomic mass is 35.6. The summed E-state index contributed by atoms with van der Waals surface area (Å²) < 4.78 is -3.04. The Kier molecular flexibility index (Phi) is 4.19. The average Bonchev–Trinajstić information content (AvgIpc) is 2.24.